The van der Waals surface area contributed by atoms with Gasteiger partial charge in [-0.3, -0.25) is 0 Å². The minimum Gasteiger partial charge on any atom is -0.383 e. The molecule has 1 aromatic carbocycles. The molecule has 0 bridgehead atoms. The number of rotatable bonds is 6. The summed E-state index contributed by atoms with van der Waals surface area (Å²) >= 11 is 0. The monoisotopic (exact) mass is 398 g/mol. The summed E-state index contributed by atoms with van der Waals surface area (Å²) in [4.78, 5) is 9.26. The van der Waals surface area contributed by atoms with Crippen molar-refractivity contribution in [2.45, 2.75) is 57.4 Å². The highest BCUT2D eigenvalue weighted by Crippen LogP contribution is 2.36. The van der Waals surface area contributed by atoms with Crippen LogP contribution in [0.1, 0.15) is 42.5 Å². The van der Waals surface area contributed by atoms with E-state index in [0.717, 1.165) is 55.5 Å². The van der Waals surface area contributed by atoms with Gasteiger partial charge in [0.2, 0.25) is 0 Å². The predicted octanol–water partition coefficient (Wildman–Crippen LogP) is 1.13. The fourth-order valence-electron chi connectivity index (χ4n) is 4.22. The Balaban J connectivity index is 1.43. The summed E-state index contributed by atoms with van der Waals surface area (Å²) in [6, 6.07) is 8.33. The number of nitrogens with one attached hydrogen (secondary N) is 2. The lowest BCUT2D eigenvalue weighted by atomic mass is 9.96. The quantitative estimate of drug-likeness (QED) is 0.499. The molecule has 0 fully saturated rings. The normalized spacial score (nSPS) is 23.6. The van der Waals surface area contributed by atoms with Crippen molar-refractivity contribution in [3.63, 3.8) is 0 Å². The number of hydrogen-bond acceptors (Lipinski definition) is 5. The maximum absolute atomic E-state index is 11.2. The molecule has 8 heteroatoms. The van der Waals surface area contributed by atoms with Gasteiger partial charge < -0.3 is 20.5 Å². The zero-order valence-electron chi connectivity index (χ0n) is 17.2. The van der Waals surface area contributed by atoms with E-state index < -0.39 is 5.60 Å². The van der Waals surface area contributed by atoms with E-state index in [1.54, 1.807) is 7.11 Å². The van der Waals surface area contributed by atoms with Crippen LogP contribution < -0.4 is 10.6 Å². The van der Waals surface area contributed by atoms with Gasteiger partial charge in [-0.05, 0) is 37.3 Å². The molecule has 2 heterocycles. The minimum absolute atomic E-state index is 0.211. The molecule has 1 aliphatic carbocycles. The van der Waals surface area contributed by atoms with Crippen molar-refractivity contribution in [1.29, 1.82) is 0 Å². The number of nitrogens with zero attached hydrogens (tertiary/aromatic N) is 4. The predicted molar refractivity (Wildman–Crippen MR) is 111 cm³/mol. The van der Waals surface area contributed by atoms with Gasteiger partial charge in [0, 0.05) is 26.1 Å². The molecule has 8 nitrogen and oxygen atoms in total. The first-order valence-corrected chi connectivity index (χ1v) is 10.4. The summed E-state index contributed by atoms with van der Waals surface area (Å²) in [7, 11) is 1.65. The Labute approximate surface area is 171 Å². The third-order valence-corrected chi connectivity index (χ3v) is 5.69. The average molecular weight is 399 g/mol. The molecule has 3 N–H and O–H groups in total. The lowest BCUT2D eigenvalue weighted by Crippen LogP contribution is -2.47. The van der Waals surface area contributed by atoms with Gasteiger partial charge in [0.05, 0.1) is 13.1 Å². The van der Waals surface area contributed by atoms with E-state index in [0.29, 0.717) is 19.6 Å². The van der Waals surface area contributed by atoms with Crippen LogP contribution in [0, 0.1) is 0 Å². The molecule has 2 aromatic rings. The van der Waals surface area contributed by atoms with Gasteiger partial charge >= 0.3 is 0 Å². The van der Waals surface area contributed by atoms with E-state index in [-0.39, 0.29) is 6.04 Å². The summed E-state index contributed by atoms with van der Waals surface area (Å²) in [5.41, 5.74) is 1.34. The highest BCUT2D eigenvalue weighted by molar-refractivity contribution is 5.80. The van der Waals surface area contributed by atoms with E-state index in [1.807, 2.05) is 29.8 Å². The Morgan fingerprint density at radius 1 is 1.38 bits per heavy atom. The molecular weight excluding hydrogens is 368 g/mol. The molecule has 2 unspecified atom stereocenters. The van der Waals surface area contributed by atoms with E-state index in [2.05, 4.69) is 26.8 Å². The molecule has 4 rings (SSSR count). The Bertz CT molecular complexity index is 880. The molecule has 29 heavy (non-hydrogen) atoms. The standard InChI is InChI=1S/C21H30N6O2/c1-3-22-20(23-14-21(28)11-10-15-6-4-5-7-17(15)21)24-16-8-9-19-25-18(13-29-2)26-27(19)12-16/h4-7,16,28H,3,8-14H2,1-2H3,(H2,22,23,24). The van der Waals surface area contributed by atoms with Gasteiger partial charge in [-0.1, -0.05) is 24.3 Å². The largest absolute Gasteiger partial charge is 0.383 e. The third kappa shape index (κ3) is 4.28. The van der Waals surface area contributed by atoms with E-state index in [4.69, 9.17) is 9.73 Å². The topological polar surface area (TPSA) is 96.6 Å². The fraction of sp³-hybridized carbons (Fsp3) is 0.571. The molecule has 1 aromatic heterocycles. The SMILES string of the molecule is CCNC(=NCC1(O)CCc2ccccc21)NC1CCc2nc(COC)nn2C1. The zero-order valence-corrected chi connectivity index (χ0v) is 17.2. The van der Waals surface area contributed by atoms with Gasteiger partial charge in [0.1, 0.15) is 18.0 Å². The zero-order chi connectivity index (χ0) is 20.3. The van der Waals surface area contributed by atoms with Crippen molar-refractivity contribution in [2.24, 2.45) is 4.99 Å². The third-order valence-electron chi connectivity index (χ3n) is 5.69. The van der Waals surface area contributed by atoms with Crippen LogP contribution in [0.3, 0.4) is 0 Å². The molecule has 0 amide bonds. The first-order valence-electron chi connectivity index (χ1n) is 10.4. The molecule has 0 saturated carbocycles. The van der Waals surface area contributed by atoms with Crippen LogP contribution in [0.15, 0.2) is 29.3 Å². The molecule has 156 valence electrons. The number of aryl methyl sites for hydroxylation is 2. The molecule has 0 radical (unpaired) electrons. The maximum Gasteiger partial charge on any atom is 0.191 e. The summed E-state index contributed by atoms with van der Waals surface area (Å²) in [5, 5.41) is 22.5. The molecule has 1 aliphatic heterocycles. The summed E-state index contributed by atoms with van der Waals surface area (Å²) in [5.74, 6) is 2.47. The lowest BCUT2D eigenvalue weighted by molar-refractivity contribution is 0.0485. The highest BCUT2D eigenvalue weighted by Gasteiger charge is 2.36. The number of benzene rings is 1. The number of aliphatic imine (C=N–C) groups is 1. The number of guanidine groups is 1. The van der Waals surface area contributed by atoms with Gasteiger partial charge in [0.15, 0.2) is 11.8 Å². The number of aromatic nitrogens is 3. The number of methoxy groups -OCH3 is 1. The van der Waals surface area contributed by atoms with Crippen LogP contribution in [0.2, 0.25) is 0 Å². The second-order valence-corrected chi connectivity index (χ2v) is 7.82. The first kappa shape index (κ1) is 19.8. The Morgan fingerprint density at radius 3 is 3.07 bits per heavy atom. The molecule has 0 saturated heterocycles. The van der Waals surface area contributed by atoms with Crippen LogP contribution in [0.25, 0.3) is 0 Å². The number of hydrogen-bond donors (Lipinski definition) is 3. The highest BCUT2D eigenvalue weighted by atomic mass is 16.5. The van der Waals surface area contributed by atoms with Crippen molar-refractivity contribution < 1.29 is 9.84 Å². The maximum atomic E-state index is 11.2. The van der Waals surface area contributed by atoms with Crippen LogP contribution in [-0.2, 0) is 36.3 Å². The van der Waals surface area contributed by atoms with E-state index >= 15 is 0 Å². The fourth-order valence-corrected chi connectivity index (χ4v) is 4.22. The van der Waals surface area contributed by atoms with E-state index in [9.17, 15) is 5.11 Å². The molecule has 0 spiro atoms. The van der Waals surface area contributed by atoms with Crippen LogP contribution in [0.4, 0.5) is 0 Å². The molecule has 2 aliphatic rings. The lowest BCUT2D eigenvalue weighted by Gasteiger charge is -2.27. The minimum atomic E-state index is -0.889. The number of aliphatic hydroxyl groups is 1. The first-order chi connectivity index (χ1) is 14.1. The Hall–Kier alpha value is -2.45. The summed E-state index contributed by atoms with van der Waals surface area (Å²) < 4.78 is 7.10. The summed E-state index contributed by atoms with van der Waals surface area (Å²) in [6.45, 7) is 4.33. The van der Waals surface area contributed by atoms with Gasteiger partial charge in [-0.2, -0.15) is 5.10 Å². The van der Waals surface area contributed by atoms with Crippen LogP contribution >= 0.6 is 0 Å². The van der Waals surface area contributed by atoms with Crippen molar-refractivity contribution in [1.82, 2.24) is 25.4 Å². The van der Waals surface area contributed by atoms with Crippen molar-refractivity contribution in [3.05, 3.63) is 47.0 Å². The van der Waals surface area contributed by atoms with E-state index in [1.165, 1.54) is 5.56 Å². The number of fused-ring (bicyclic) bond motifs is 2. The van der Waals surface area contributed by atoms with Crippen molar-refractivity contribution >= 4 is 5.96 Å². The second-order valence-electron chi connectivity index (χ2n) is 7.82. The molecular formula is C21H30N6O2. The van der Waals surface area contributed by atoms with Crippen LogP contribution in [0.5, 0.6) is 0 Å². The van der Waals surface area contributed by atoms with Gasteiger partial charge in [0.25, 0.3) is 0 Å². The van der Waals surface area contributed by atoms with Crippen molar-refractivity contribution in [3.8, 4) is 0 Å². The average Bonchev–Trinajstić information content (AvgIpc) is 3.28. The Morgan fingerprint density at radius 2 is 2.24 bits per heavy atom. The second kappa shape index (κ2) is 8.51. The smallest absolute Gasteiger partial charge is 0.191 e. The van der Waals surface area contributed by atoms with Crippen LogP contribution in [-0.4, -0.2) is 52.1 Å². The van der Waals surface area contributed by atoms with Crippen molar-refractivity contribution in [2.75, 3.05) is 20.2 Å². The van der Waals surface area contributed by atoms with Gasteiger partial charge in [-0.15, -0.1) is 0 Å². The molecule has 2 atom stereocenters. The van der Waals surface area contributed by atoms with Gasteiger partial charge in [-0.25, -0.2) is 14.7 Å². The summed E-state index contributed by atoms with van der Waals surface area (Å²) in [6.07, 6.45) is 3.44. The Kier molecular flexibility index (Phi) is 5.82. The number of ether oxygens (including phenoxy) is 1.